The quantitative estimate of drug-likeness (QED) is 0.431. The van der Waals surface area contributed by atoms with E-state index in [1.165, 1.54) is 12.1 Å². The van der Waals surface area contributed by atoms with E-state index in [9.17, 15) is 14.4 Å². The van der Waals surface area contributed by atoms with E-state index >= 15 is 0 Å². The van der Waals surface area contributed by atoms with Gasteiger partial charge in [0.05, 0.1) is 17.9 Å². The number of nitrogens with one attached hydrogen (secondary N) is 2. The third kappa shape index (κ3) is 6.11. The number of para-hydroxylation sites is 1. The topological polar surface area (TPSA) is 84.5 Å². The van der Waals surface area contributed by atoms with E-state index in [0.717, 1.165) is 12.8 Å². The largest absolute Gasteiger partial charge is 0.462 e. The smallest absolute Gasteiger partial charge is 0.340 e. The number of esters is 1. The summed E-state index contributed by atoms with van der Waals surface area (Å²) in [7, 11) is 0. The highest BCUT2D eigenvalue weighted by Gasteiger charge is 2.18. The molecule has 0 aliphatic heterocycles. The first-order valence-electron chi connectivity index (χ1n) is 8.61. The lowest BCUT2D eigenvalue weighted by molar-refractivity contribution is -0.136. The minimum absolute atomic E-state index is 0.118. The highest BCUT2D eigenvalue weighted by molar-refractivity contribution is 6.40. The fraction of sp³-hybridized carbons (Fsp3) is 0.250. The molecule has 0 saturated carbocycles. The minimum atomic E-state index is -0.879. The van der Waals surface area contributed by atoms with Gasteiger partial charge in [-0.05, 0) is 30.2 Å². The Morgan fingerprint density at radius 1 is 1.00 bits per heavy atom. The highest BCUT2D eigenvalue weighted by atomic mass is 35.5. The first kappa shape index (κ1) is 20.5. The van der Waals surface area contributed by atoms with E-state index in [2.05, 4.69) is 10.6 Å². The van der Waals surface area contributed by atoms with Crippen molar-refractivity contribution in [3.63, 3.8) is 0 Å². The van der Waals surface area contributed by atoms with Gasteiger partial charge in [-0.25, -0.2) is 4.79 Å². The third-order valence-electron chi connectivity index (χ3n) is 3.73. The molecule has 27 heavy (non-hydrogen) atoms. The van der Waals surface area contributed by atoms with E-state index in [4.69, 9.17) is 16.3 Å². The van der Waals surface area contributed by atoms with Gasteiger partial charge >= 0.3 is 17.8 Å². The molecular weight excluding hydrogens is 368 g/mol. The van der Waals surface area contributed by atoms with Gasteiger partial charge in [0.2, 0.25) is 0 Å². The number of hydrogen-bond acceptors (Lipinski definition) is 4. The number of benzene rings is 2. The fourth-order valence-corrected chi connectivity index (χ4v) is 2.44. The molecule has 0 bridgehead atoms. The predicted molar refractivity (Wildman–Crippen MR) is 104 cm³/mol. The monoisotopic (exact) mass is 388 g/mol. The lowest BCUT2D eigenvalue weighted by Crippen LogP contribution is -2.35. The van der Waals surface area contributed by atoms with Crippen molar-refractivity contribution in [1.82, 2.24) is 5.32 Å². The van der Waals surface area contributed by atoms with Gasteiger partial charge in [0.1, 0.15) is 0 Å². The molecule has 0 aliphatic carbocycles. The van der Waals surface area contributed by atoms with Crippen LogP contribution in [0, 0.1) is 0 Å². The van der Waals surface area contributed by atoms with Crippen LogP contribution < -0.4 is 10.6 Å². The number of rotatable bonds is 7. The molecule has 142 valence electrons. The fourth-order valence-electron chi connectivity index (χ4n) is 2.23. The van der Waals surface area contributed by atoms with Crippen molar-refractivity contribution in [3.8, 4) is 0 Å². The first-order chi connectivity index (χ1) is 13.0. The summed E-state index contributed by atoms with van der Waals surface area (Å²) < 4.78 is 5.16. The van der Waals surface area contributed by atoms with Crippen LogP contribution in [0.25, 0.3) is 0 Å². The zero-order valence-electron chi connectivity index (χ0n) is 15.0. The molecule has 0 spiro atoms. The van der Waals surface area contributed by atoms with Crippen molar-refractivity contribution >= 4 is 35.1 Å². The molecule has 2 aromatic rings. The Morgan fingerprint density at radius 2 is 1.70 bits per heavy atom. The predicted octanol–water partition coefficient (Wildman–Crippen LogP) is 3.55. The summed E-state index contributed by atoms with van der Waals surface area (Å²) in [5, 5.41) is 5.44. The summed E-state index contributed by atoms with van der Waals surface area (Å²) >= 11 is 6.02. The summed E-state index contributed by atoms with van der Waals surface area (Å²) in [6.45, 7) is 2.41. The van der Waals surface area contributed by atoms with Crippen LogP contribution in [-0.4, -0.2) is 24.4 Å². The molecule has 0 atom stereocenters. The van der Waals surface area contributed by atoms with E-state index in [-0.39, 0.29) is 17.8 Å². The van der Waals surface area contributed by atoms with Crippen molar-refractivity contribution in [2.75, 3.05) is 11.9 Å². The van der Waals surface area contributed by atoms with Crippen LogP contribution >= 0.6 is 11.6 Å². The maximum absolute atomic E-state index is 12.2. The van der Waals surface area contributed by atoms with Crippen LogP contribution in [0.2, 0.25) is 5.02 Å². The molecule has 6 nitrogen and oxygen atoms in total. The van der Waals surface area contributed by atoms with Gasteiger partial charge in [-0.1, -0.05) is 55.3 Å². The zero-order valence-corrected chi connectivity index (χ0v) is 15.7. The number of carbonyl (C=O) groups excluding carboxylic acids is 3. The van der Waals surface area contributed by atoms with Gasteiger partial charge in [0, 0.05) is 11.6 Å². The molecule has 0 heterocycles. The van der Waals surface area contributed by atoms with E-state index in [1.807, 2.05) is 6.92 Å². The molecule has 2 aromatic carbocycles. The second-order valence-corrected chi connectivity index (χ2v) is 6.17. The van der Waals surface area contributed by atoms with Gasteiger partial charge in [0.15, 0.2) is 0 Å². The van der Waals surface area contributed by atoms with E-state index in [1.54, 1.807) is 36.4 Å². The van der Waals surface area contributed by atoms with Gasteiger partial charge in [-0.3, -0.25) is 9.59 Å². The summed E-state index contributed by atoms with van der Waals surface area (Å²) in [6, 6.07) is 13.4. The standard InChI is InChI=1S/C20H21ClN2O4/c1-2-3-12-27-20(26)15-9-5-7-11-17(15)23-19(25)18(24)22-13-14-8-4-6-10-16(14)21/h4-11H,2-3,12-13H2,1H3,(H,22,24)(H,23,25). The number of anilines is 1. The summed E-state index contributed by atoms with van der Waals surface area (Å²) in [6.07, 6.45) is 1.65. The zero-order chi connectivity index (χ0) is 19.6. The van der Waals surface area contributed by atoms with Crippen molar-refractivity contribution in [2.24, 2.45) is 0 Å². The van der Waals surface area contributed by atoms with Crippen LogP contribution in [0.4, 0.5) is 5.69 Å². The Kier molecular flexibility index (Phi) is 7.82. The van der Waals surface area contributed by atoms with Crippen LogP contribution in [-0.2, 0) is 20.9 Å². The summed E-state index contributed by atoms with van der Waals surface area (Å²) in [5.41, 5.74) is 1.11. The molecule has 0 aliphatic rings. The number of unbranched alkanes of at least 4 members (excludes halogenated alkanes) is 1. The van der Waals surface area contributed by atoms with Crippen LogP contribution in [0.5, 0.6) is 0 Å². The third-order valence-corrected chi connectivity index (χ3v) is 4.10. The molecular formula is C20H21ClN2O4. The Labute approximate surface area is 162 Å². The van der Waals surface area contributed by atoms with E-state index < -0.39 is 17.8 Å². The molecule has 0 saturated heterocycles. The second-order valence-electron chi connectivity index (χ2n) is 5.76. The molecule has 0 unspecified atom stereocenters. The lowest BCUT2D eigenvalue weighted by atomic mass is 10.1. The van der Waals surface area contributed by atoms with Crippen molar-refractivity contribution in [3.05, 3.63) is 64.7 Å². The van der Waals surface area contributed by atoms with E-state index in [0.29, 0.717) is 17.2 Å². The average molecular weight is 389 g/mol. The van der Waals surface area contributed by atoms with Crippen molar-refractivity contribution in [2.45, 2.75) is 26.3 Å². The Hall–Kier alpha value is -2.86. The SMILES string of the molecule is CCCCOC(=O)c1ccccc1NC(=O)C(=O)NCc1ccccc1Cl. The summed E-state index contributed by atoms with van der Waals surface area (Å²) in [5.74, 6) is -2.25. The number of amides is 2. The molecule has 0 fully saturated rings. The molecule has 2 amide bonds. The number of carbonyl (C=O) groups is 3. The normalized spacial score (nSPS) is 10.1. The number of hydrogen-bond donors (Lipinski definition) is 2. The summed E-state index contributed by atoms with van der Waals surface area (Å²) in [4.78, 5) is 36.3. The van der Waals surface area contributed by atoms with Crippen LogP contribution in [0.3, 0.4) is 0 Å². The maximum Gasteiger partial charge on any atom is 0.340 e. The first-order valence-corrected chi connectivity index (χ1v) is 8.99. The lowest BCUT2D eigenvalue weighted by Gasteiger charge is -2.11. The van der Waals surface area contributed by atoms with Gasteiger partial charge in [-0.15, -0.1) is 0 Å². The number of ether oxygens (including phenoxy) is 1. The molecule has 2 N–H and O–H groups in total. The molecule has 7 heteroatoms. The Bertz CT molecular complexity index is 823. The minimum Gasteiger partial charge on any atom is -0.462 e. The Balaban J connectivity index is 1.97. The maximum atomic E-state index is 12.2. The van der Waals surface area contributed by atoms with Crippen molar-refractivity contribution in [1.29, 1.82) is 0 Å². The van der Waals surface area contributed by atoms with Gasteiger partial charge < -0.3 is 15.4 Å². The molecule has 0 radical (unpaired) electrons. The Morgan fingerprint density at radius 3 is 2.44 bits per heavy atom. The van der Waals surface area contributed by atoms with Crippen molar-refractivity contribution < 1.29 is 19.1 Å². The molecule has 0 aromatic heterocycles. The van der Waals surface area contributed by atoms with Gasteiger partial charge in [-0.2, -0.15) is 0 Å². The van der Waals surface area contributed by atoms with Gasteiger partial charge in [0.25, 0.3) is 0 Å². The van der Waals surface area contributed by atoms with Crippen LogP contribution in [0.1, 0.15) is 35.7 Å². The molecule has 2 rings (SSSR count). The highest BCUT2D eigenvalue weighted by Crippen LogP contribution is 2.17. The second kappa shape index (κ2) is 10.3. The number of halogens is 1. The van der Waals surface area contributed by atoms with Crippen LogP contribution in [0.15, 0.2) is 48.5 Å². The average Bonchev–Trinajstić information content (AvgIpc) is 2.67.